The highest BCUT2D eigenvalue weighted by molar-refractivity contribution is 7.92. The maximum absolute atomic E-state index is 12.6. The second kappa shape index (κ2) is 10.5. The lowest BCUT2D eigenvalue weighted by molar-refractivity contribution is -0.138. The fourth-order valence-electron chi connectivity index (χ4n) is 2.76. The van der Waals surface area contributed by atoms with Gasteiger partial charge in [0.15, 0.2) is 0 Å². The molecule has 0 aromatic heterocycles. The number of carbonyl (C=O) groups is 1. The first-order chi connectivity index (χ1) is 15.4. The van der Waals surface area contributed by atoms with Gasteiger partial charge in [-0.25, -0.2) is 13.2 Å². The summed E-state index contributed by atoms with van der Waals surface area (Å²) in [6, 6.07) is 19.9. The van der Waals surface area contributed by atoms with Gasteiger partial charge in [-0.15, -0.1) is 0 Å². The van der Waals surface area contributed by atoms with Crippen molar-refractivity contribution in [2.24, 2.45) is 0 Å². The van der Waals surface area contributed by atoms with Gasteiger partial charge in [-0.05, 0) is 65.7 Å². The summed E-state index contributed by atoms with van der Waals surface area (Å²) >= 11 is 0. The van der Waals surface area contributed by atoms with Crippen LogP contribution in [0.1, 0.15) is 11.1 Å². The van der Waals surface area contributed by atoms with Gasteiger partial charge in [0.1, 0.15) is 18.1 Å². The van der Waals surface area contributed by atoms with E-state index < -0.39 is 16.0 Å². The van der Waals surface area contributed by atoms with Crippen molar-refractivity contribution in [2.75, 3.05) is 18.9 Å². The van der Waals surface area contributed by atoms with E-state index in [1.807, 2.05) is 18.2 Å². The Morgan fingerprint density at radius 3 is 2.25 bits per heavy atom. The van der Waals surface area contributed by atoms with E-state index in [4.69, 9.17) is 14.2 Å². The molecule has 0 aliphatic rings. The van der Waals surface area contributed by atoms with Crippen molar-refractivity contribution in [3.63, 3.8) is 0 Å². The first-order valence-corrected chi connectivity index (χ1v) is 11.1. The lowest BCUT2D eigenvalue weighted by Crippen LogP contribution is -2.12. The zero-order chi connectivity index (χ0) is 23.0. The number of methoxy groups -OCH3 is 2. The summed E-state index contributed by atoms with van der Waals surface area (Å²) in [7, 11) is -0.637. The zero-order valence-corrected chi connectivity index (χ0v) is 18.5. The SMILES string of the molecule is COc1ccc(NS(=O)(=O)c2ccc(/C=C/C(=O)OCc3cccc(OC)c3)cc2)cc1. The predicted octanol–water partition coefficient (Wildman–Crippen LogP) is 4.26. The van der Waals surface area contributed by atoms with Gasteiger partial charge in [0, 0.05) is 11.8 Å². The number of esters is 1. The minimum atomic E-state index is -3.74. The molecule has 0 unspecified atom stereocenters. The predicted molar refractivity (Wildman–Crippen MR) is 122 cm³/mol. The Balaban J connectivity index is 1.57. The Bertz CT molecular complexity index is 1190. The third-order valence-corrected chi connectivity index (χ3v) is 5.86. The minimum absolute atomic E-state index is 0.103. The lowest BCUT2D eigenvalue weighted by Gasteiger charge is -2.09. The maximum atomic E-state index is 12.6. The summed E-state index contributed by atoms with van der Waals surface area (Å²) in [5, 5.41) is 0. The number of carbonyl (C=O) groups excluding carboxylic acids is 1. The van der Waals surface area contributed by atoms with Crippen LogP contribution >= 0.6 is 0 Å². The standard InChI is InChI=1S/C24H23NO6S/c1-29-21-11-9-20(10-12-21)25-32(27,28)23-13-6-18(7-14-23)8-15-24(26)31-17-19-4-3-5-22(16-19)30-2/h3-16,25H,17H2,1-2H3/b15-8+. The van der Waals surface area contributed by atoms with Crippen molar-refractivity contribution < 1.29 is 27.4 Å². The molecule has 0 saturated carbocycles. The second-order valence-electron chi connectivity index (χ2n) is 6.70. The van der Waals surface area contributed by atoms with Crippen molar-refractivity contribution in [1.82, 2.24) is 0 Å². The molecule has 1 N–H and O–H groups in total. The van der Waals surface area contributed by atoms with Gasteiger partial charge < -0.3 is 14.2 Å². The smallest absolute Gasteiger partial charge is 0.331 e. The zero-order valence-electron chi connectivity index (χ0n) is 17.6. The summed E-state index contributed by atoms with van der Waals surface area (Å²) in [6.45, 7) is 0.120. The normalized spacial score (nSPS) is 11.2. The largest absolute Gasteiger partial charge is 0.497 e. The second-order valence-corrected chi connectivity index (χ2v) is 8.38. The van der Waals surface area contributed by atoms with E-state index in [1.165, 1.54) is 25.3 Å². The molecule has 0 amide bonds. The molecule has 3 rings (SSSR count). The van der Waals surface area contributed by atoms with Crippen molar-refractivity contribution in [2.45, 2.75) is 11.5 Å². The number of benzene rings is 3. The maximum Gasteiger partial charge on any atom is 0.331 e. The molecule has 0 bridgehead atoms. The Labute approximate surface area is 187 Å². The van der Waals surface area contributed by atoms with Crippen molar-refractivity contribution in [3.05, 3.63) is 90.0 Å². The van der Waals surface area contributed by atoms with Crippen LogP contribution in [0, 0.1) is 0 Å². The Hall–Kier alpha value is -3.78. The molecule has 0 aliphatic carbocycles. The Kier molecular flexibility index (Phi) is 7.51. The van der Waals surface area contributed by atoms with Gasteiger partial charge in [0.05, 0.1) is 19.1 Å². The monoisotopic (exact) mass is 453 g/mol. The van der Waals surface area contributed by atoms with E-state index in [-0.39, 0.29) is 11.5 Å². The summed E-state index contributed by atoms with van der Waals surface area (Å²) in [6.07, 6.45) is 2.85. The summed E-state index contributed by atoms with van der Waals surface area (Å²) in [4.78, 5) is 12.1. The highest BCUT2D eigenvalue weighted by atomic mass is 32.2. The average Bonchev–Trinajstić information content (AvgIpc) is 2.82. The summed E-state index contributed by atoms with van der Waals surface area (Å²) in [5.74, 6) is 0.808. The molecular weight excluding hydrogens is 430 g/mol. The van der Waals surface area contributed by atoms with Gasteiger partial charge in [0.25, 0.3) is 10.0 Å². The van der Waals surface area contributed by atoms with E-state index >= 15 is 0 Å². The van der Waals surface area contributed by atoms with Gasteiger partial charge in [-0.1, -0.05) is 24.3 Å². The minimum Gasteiger partial charge on any atom is -0.497 e. The number of hydrogen-bond donors (Lipinski definition) is 1. The van der Waals surface area contributed by atoms with Crippen LogP contribution in [-0.2, 0) is 26.2 Å². The van der Waals surface area contributed by atoms with Gasteiger partial charge in [0.2, 0.25) is 0 Å². The van der Waals surface area contributed by atoms with E-state index in [1.54, 1.807) is 55.7 Å². The Morgan fingerprint density at radius 2 is 1.59 bits per heavy atom. The van der Waals surface area contributed by atoms with Crippen LogP contribution in [0.2, 0.25) is 0 Å². The van der Waals surface area contributed by atoms with Crippen LogP contribution in [0.3, 0.4) is 0 Å². The number of sulfonamides is 1. The molecule has 3 aromatic carbocycles. The highest BCUT2D eigenvalue weighted by Gasteiger charge is 2.14. The average molecular weight is 454 g/mol. The van der Waals surface area contributed by atoms with Crippen LogP contribution in [0.25, 0.3) is 6.08 Å². The molecular formula is C24H23NO6S. The highest BCUT2D eigenvalue weighted by Crippen LogP contribution is 2.20. The van der Waals surface area contributed by atoms with E-state index in [9.17, 15) is 13.2 Å². The van der Waals surface area contributed by atoms with Crippen LogP contribution in [0.4, 0.5) is 5.69 Å². The first-order valence-electron chi connectivity index (χ1n) is 9.64. The summed E-state index contributed by atoms with van der Waals surface area (Å²) in [5.41, 5.74) is 1.89. The Morgan fingerprint density at radius 1 is 0.906 bits per heavy atom. The fourth-order valence-corrected chi connectivity index (χ4v) is 3.82. The molecule has 8 heteroatoms. The van der Waals surface area contributed by atoms with E-state index in [0.29, 0.717) is 22.7 Å². The molecule has 166 valence electrons. The van der Waals surface area contributed by atoms with Crippen LogP contribution in [-0.4, -0.2) is 28.6 Å². The third kappa shape index (κ3) is 6.36. The molecule has 0 aliphatic heterocycles. The van der Waals surface area contributed by atoms with Crippen molar-refractivity contribution >= 4 is 27.8 Å². The molecule has 0 fully saturated rings. The molecule has 0 saturated heterocycles. The number of nitrogens with one attached hydrogen (secondary N) is 1. The van der Waals surface area contributed by atoms with Crippen molar-refractivity contribution in [1.29, 1.82) is 0 Å². The van der Waals surface area contributed by atoms with Gasteiger partial charge in [-0.2, -0.15) is 0 Å². The van der Waals surface area contributed by atoms with Crippen LogP contribution in [0.5, 0.6) is 11.5 Å². The summed E-state index contributed by atoms with van der Waals surface area (Å²) < 4.78 is 43.0. The first kappa shape index (κ1) is 22.9. The molecule has 3 aromatic rings. The third-order valence-electron chi connectivity index (χ3n) is 4.46. The molecule has 32 heavy (non-hydrogen) atoms. The molecule has 0 atom stereocenters. The number of ether oxygens (including phenoxy) is 3. The number of hydrogen-bond acceptors (Lipinski definition) is 6. The lowest BCUT2D eigenvalue weighted by atomic mass is 10.2. The quantitative estimate of drug-likeness (QED) is 0.385. The van der Waals surface area contributed by atoms with Gasteiger partial charge in [-0.3, -0.25) is 4.72 Å². The van der Waals surface area contributed by atoms with E-state index in [2.05, 4.69) is 4.72 Å². The van der Waals surface area contributed by atoms with E-state index in [0.717, 1.165) is 5.56 Å². The molecule has 0 spiro atoms. The molecule has 0 heterocycles. The van der Waals surface area contributed by atoms with Crippen LogP contribution in [0.15, 0.2) is 83.8 Å². The number of rotatable bonds is 9. The van der Waals surface area contributed by atoms with Crippen LogP contribution < -0.4 is 14.2 Å². The topological polar surface area (TPSA) is 90.9 Å². The number of anilines is 1. The van der Waals surface area contributed by atoms with Gasteiger partial charge >= 0.3 is 5.97 Å². The van der Waals surface area contributed by atoms with Crippen molar-refractivity contribution in [3.8, 4) is 11.5 Å². The molecule has 7 nitrogen and oxygen atoms in total. The molecule has 0 radical (unpaired) electrons. The fraction of sp³-hybridized carbons (Fsp3) is 0.125.